The summed E-state index contributed by atoms with van der Waals surface area (Å²) in [4.78, 5) is 25.1. The van der Waals surface area contributed by atoms with Gasteiger partial charge in [-0.3, -0.25) is 4.79 Å². The number of carbonyl (C=O) groups excluding carboxylic acids is 2. The lowest BCUT2D eigenvalue weighted by Gasteiger charge is -2.20. The smallest absolute Gasteiger partial charge is 0.317 e. The molecule has 0 aromatic carbocycles. The number of likely N-dealkylation sites (tertiary alicyclic amines) is 1. The highest BCUT2D eigenvalue weighted by molar-refractivity contribution is 5.85. The van der Waals surface area contributed by atoms with E-state index in [2.05, 4.69) is 10.6 Å². The van der Waals surface area contributed by atoms with Gasteiger partial charge in [-0.15, -0.1) is 12.4 Å². The van der Waals surface area contributed by atoms with E-state index >= 15 is 0 Å². The van der Waals surface area contributed by atoms with Gasteiger partial charge in [0.25, 0.3) is 0 Å². The van der Waals surface area contributed by atoms with Gasteiger partial charge in [0.05, 0.1) is 6.04 Å². The number of hydrogen-bond acceptors (Lipinski definition) is 3. The van der Waals surface area contributed by atoms with E-state index in [1.165, 1.54) is 0 Å². The number of nitrogens with one attached hydrogen (secondary N) is 2. The van der Waals surface area contributed by atoms with E-state index < -0.39 is 6.04 Å². The summed E-state index contributed by atoms with van der Waals surface area (Å²) in [5, 5.41) is 5.65. The van der Waals surface area contributed by atoms with Crippen molar-refractivity contribution in [2.45, 2.75) is 39.3 Å². The lowest BCUT2D eigenvalue weighted by Crippen LogP contribution is -2.49. The maximum absolute atomic E-state index is 11.8. The Morgan fingerprint density at radius 1 is 1.42 bits per heavy atom. The van der Waals surface area contributed by atoms with Crippen molar-refractivity contribution >= 4 is 24.3 Å². The van der Waals surface area contributed by atoms with Crippen LogP contribution in [0.4, 0.5) is 4.79 Å². The zero-order chi connectivity index (χ0) is 13.7. The first kappa shape index (κ1) is 18.0. The van der Waals surface area contributed by atoms with Gasteiger partial charge < -0.3 is 21.3 Å². The third kappa shape index (κ3) is 5.24. The Morgan fingerprint density at radius 2 is 2.05 bits per heavy atom. The summed E-state index contributed by atoms with van der Waals surface area (Å²) >= 11 is 0. The fourth-order valence-electron chi connectivity index (χ4n) is 1.93. The molecule has 0 saturated carbocycles. The van der Waals surface area contributed by atoms with Gasteiger partial charge in [-0.25, -0.2) is 4.79 Å². The number of hydrogen-bond donors (Lipinski definition) is 3. The minimum atomic E-state index is -0.483. The molecule has 3 amide bonds. The van der Waals surface area contributed by atoms with Gasteiger partial charge in [0.15, 0.2) is 0 Å². The SMILES string of the molecule is CCNC(=O)N1CCC(NC(=O)[C@@H](N)C(C)C)C1.Cl. The number of rotatable bonds is 4. The lowest BCUT2D eigenvalue weighted by molar-refractivity contribution is -0.123. The molecule has 0 bridgehead atoms. The monoisotopic (exact) mass is 292 g/mol. The van der Waals surface area contributed by atoms with Crippen LogP contribution in [0.25, 0.3) is 0 Å². The van der Waals surface area contributed by atoms with Crippen molar-refractivity contribution in [3.05, 3.63) is 0 Å². The Morgan fingerprint density at radius 3 is 2.58 bits per heavy atom. The molecule has 112 valence electrons. The standard InChI is InChI=1S/C12H24N4O2.ClH/c1-4-14-12(18)16-6-5-9(7-16)15-11(17)10(13)8(2)3;/h8-10H,4-7,13H2,1-3H3,(H,14,18)(H,15,17);1H/t9?,10-;/m0./s1. The van der Waals surface area contributed by atoms with Gasteiger partial charge in [0, 0.05) is 25.7 Å². The average Bonchev–Trinajstić information content (AvgIpc) is 2.76. The van der Waals surface area contributed by atoms with E-state index in [-0.39, 0.29) is 36.3 Å². The van der Waals surface area contributed by atoms with E-state index in [4.69, 9.17) is 5.73 Å². The molecule has 4 N–H and O–H groups in total. The predicted molar refractivity (Wildman–Crippen MR) is 77.3 cm³/mol. The second-order valence-electron chi connectivity index (χ2n) is 5.05. The van der Waals surface area contributed by atoms with Gasteiger partial charge >= 0.3 is 6.03 Å². The third-order valence-corrected chi connectivity index (χ3v) is 3.17. The molecule has 0 spiro atoms. The largest absolute Gasteiger partial charge is 0.350 e. The molecule has 6 nitrogen and oxygen atoms in total. The van der Waals surface area contributed by atoms with E-state index in [9.17, 15) is 9.59 Å². The Kier molecular flexibility index (Phi) is 7.78. The number of carbonyl (C=O) groups is 2. The molecule has 1 fully saturated rings. The highest BCUT2D eigenvalue weighted by Crippen LogP contribution is 2.10. The number of nitrogens with zero attached hydrogens (tertiary/aromatic N) is 1. The second kappa shape index (κ2) is 8.22. The van der Waals surface area contributed by atoms with Crippen molar-refractivity contribution < 1.29 is 9.59 Å². The fraction of sp³-hybridized carbons (Fsp3) is 0.833. The van der Waals surface area contributed by atoms with Crippen LogP contribution in [0.3, 0.4) is 0 Å². The van der Waals surface area contributed by atoms with Gasteiger partial charge in [0.2, 0.25) is 5.91 Å². The van der Waals surface area contributed by atoms with Gasteiger partial charge in [-0.05, 0) is 19.3 Å². The summed E-state index contributed by atoms with van der Waals surface area (Å²) < 4.78 is 0. The number of urea groups is 1. The molecule has 2 atom stereocenters. The van der Waals surface area contributed by atoms with Crippen LogP contribution < -0.4 is 16.4 Å². The molecule has 1 rings (SSSR count). The summed E-state index contributed by atoms with van der Waals surface area (Å²) in [5.41, 5.74) is 5.78. The zero-order valence-corrected chi connectivity index (χ0v) is 12.6. The van der Waals surface area contributed by atoms with Crippen LogP contribution >= 0.6 is 12.4 Å². The first-order chi connectivity index (χ1) is 8.45. The van der Waals surface area contributed by atoms with Gasteiger partial charge in [-0.2, -0.15) is 0 Å². The summed E-state index contributed by atoms with van der Waals surface area (Å²) in [6.45, 7) is 7.56. The van der Waals surface area contributed by atoms with Crippen molar-refractivity contribution in [3.63, 3.8) is 0 Å². The zero-order valence-electron chi connectivity index (χ0n) is 11.8. The van der Waals surface area contributed by atoms with Crippen LogP contribution in [-0.2, 0) is 4.79 Å². The Bertz CT molecular complexity index is 312. The Labute approximate surface area is 120 Å². The van der Waals surface area contributed by atoms with E-state index in [0.29, 0.717) is 19.6 Å². The molecule has 0 aliphatic carbocycles. The first-order valence-corrected chi connectivity index (χ1v) is 6.54. The number of nitrogens with two attached hydrogens (primary N) is 1. The van der Waals surface area contributed by atoms with Crippen molar-refractivity contribution in [1.82, 2.24) is 15.5 Å². The van der Waals surface area contributed by atoms with E-state index in [1.54, 1.807) is 4.90 Å². The quantitative estimate of drug-likeness (QED) is 0.697. The number of halogens is 1. The van der Waals surface area contributed by atoms with Crippen LogP contribution in [0.1, 0.15) is 27.2 Å². The topological polar surface area (TPSA) is 87.5 Å². The maximum Gasteiger partial charge on any atom is 0.317 e. The highest BCUT2D eigenvalue weighted by atomic mass is 35.5. The average molecular weight is 293 g/mol. The summed E-state index contributed by atoms with van der Waals surface area (Å²) in [5.74, 6) is -0.0151. The van der Waals surface area contributed by atoms with Gasteiger partial charge in [0.1, 0.15) is 0 Å². The molecule has 0 radical (unpaired) electrons. The van der Waals surface area contributed by atoms with Crippen LogP contribution in [0.5, 0.6) is 0 Å². The van der Waals surface area contributed by atoms with Crippen LogP contribution in [-0.4, -0.2) is 48.6 Å². The molecule has 19 heavy (non-hydrogen) atoms. The summed E-state index contributed by atoms with van der Waals surface area (Å²) in [6.07, 6.45) is 0.785. The van der Waals surface area contributed by atoms with Crippen molar-refractivity contribution in [1.29, 1.82) is 0 Å². The van der Waals surface area contributed by atoms with Gasteiger partial charge in [-0.1, -0.05) is 13.8 Å². The van der Waals surface area contributed by atoms with Crippen LogP contribution in [0, 0.1) is 5.92 Å². The predicted octanol–water partition coefficient (Wildman–Crippen LogP) is 0.312. The third-order valence-electron chi connectivity index (χ3n) is 3.17. The lowest BCUT2D eigenvalue weighted by atomic mass is 10.0. The van der Waals surface area contributed by atoms with Crippen LogP contribution in [0.2, 0.25) is 0 Å². The Hall–Kier alpha value is -1.01. The van der Waals surface area contributed by atoms with Crippen molar-refractivity contribution in [2.75, 3.05) is 19.6 Å². The molecular formula is C12H25ClN4O2. The molecule has 1 heterocycles. The molecule has 7 heteroatoms. The molecule has 1 saturated heterocycles. The van der Waals surface area contributed by atoms with E-state index in [1.807, 2.05) is 20.8 Å². The second-order valence-corrected chi connectivity index (χ2v) is 5.05. The van der Waals surface area contributed by atoms with E-state index in [0.717, 1.165) is 6.42 Å². The molecular weight excluding hydrogens is 268 g/mol. The molecule has 1 aliphatic rings. The minimum Gasteiger partial charge on any atom is -0.350 e. The first-order valence-electron chi connectivity index (χ1n) is 6.54. The molecule has 0 aromatic rings. The Balaban J connectivity index is 0.00000324. The van der Waals surface area contributed by atoms with Crippen molar-refractivity contribution in [3.8, 4) is 0 Å². The maximum atomic E-state index is 11.8. The summed E-state index contributed by atoms with van der Waals surface area (Å²) in [6, 6.07) is -0.532. The number of amides is 3. The minimum absolute atomic E-state index is 0. The van der Waals surface area contributed by atoms with Crippen LogP contribution in [0.15, 0.2) is 0 Å². The normalized spacial score (nSPS) is 19.8. The fourth-order valence-corrected chi connectivity index (χ4v) is 1.93. The molecule has 0 aromatic heterocycles. The van der Waals surface area contributed by atoms with Crippen molar-refractivity contribution in [2.24, 2.45) is 11.7 Å². The highest BCUT2D eigenvalue weighted by Gasteiger charge is 2.28. The molecule has 1 unspecified atom stereocenters. The summed E-state index contributed by atoms with van der Waals surface area (Å²) in [7, 11) is 0. The molecule has 1 aliphatic heterocycles.